The number of aromatic hydroxyl groups is 4. The maximum Gasteiger partial charge on any atom is 0.411 e. The third kappa shape index (κ3) is 26.6. The first-order valence-electron chi connectivity index (χ1n) is 39.4. The summed E-state index contributed by atoms with van der Waals surface area (Å²) in [6, 6.07) is 51.4. The van der Waals surface area contributed by atoms with Crippen LogP contribution in [0.4, 0.5) is 26.3 Å². The predicted molar refractivity (Wildman–Crippen MR) is 480 cm³/mol. The molecule has 0 aromatic heterocycles. The molecule has 0 unspecified atom stereocenters. The number of carboxylic acid groups (broad SMARTS) is 2. The fourth-order valence-electron chi connectivity index (χ4n) is 13.8. The molecule has 0 amide bonds. The van der Waals surface area contributed by atoms with Gasteiger partial charge in [-0.1, -0.05) is 145 Å². The van der Waals surface area contributed by atoms with Gasteiger partial charge in [-0.2, -0.15) is 43.2 Å². The number of hydrogen-bond donors (Lipinski definition) is 8. The topological polar surface area (TPSA) is 291 Å². The summed E-state index contributed by atoms with van der Waals surface area (Å²) in [5.41, 5.74) is 22.5. The van der Waals surface area contributed by atoms with Crippen molar-refractivity contribution in [2.75, 3.05) is 0 Å². The molecule has 0 saturated heterocycles. The van der Waals surface area contributed by atoms with Gasteiger partial charge in [0.1, 0.15) is 38.5 Å². The van der Waals surface area contributed by atoms with Crippen LogP contribution in [-0.2, 0) is 43.3 Å². The highest BCUT2D eigenvalue weighted by atomic mass is 32.2. The van der Waals surface area contributed by atoms with E-state index in [-0.39, 0.29) is 33.8 Å². The van der Waals surface area contributed by atoms with Crippen LogP contribution in [0.25, 0.3) is 22.3 Å². The van der Waals surface area contributed by atoms with Crippen LogP contribution in [0.5, 0.6) is 28.7 Å². The molecule has 0 radical (unpaired) electrons. The molecule has 0 heterocycles. The summed E-state index contributed by atoms with van der Waals surface area (Å²) in [4.78, 5) is 31.3. The zero-order valence-corrected chi connectivity index (χ0v) is 75.5. The highest BCUT2D eigenvalue weighted by Gasteiger charge is 2.72. The molecule has 24 heteroatoms. The van der Waals surface area contributed by atoms with Gasteiger partial charge in [0.2, 0.25) is 5.41 Å². The Morgan fingerprint density at radius 3 is 1.03 bits per heavy atom. The molecule has 12 aromatic carbocycles. The highest BCUT2D eigenvalue weighted by Crippen LogP contribution is 2.57. The van der Waals surface area contributed by atoms with Gasteiger partial charge in [-0.15, -0.1) is 0 Å². The Balaban J connectivity index is 0.000000229. The maximum atomic E-state index is 13.9. The fraction of sp³-hybridized carbons (Fsp3) is 0.257. The van der Waals surface area contributed by atoms with Crippen LogP contribution < -0.4 is 4.74 Å². The summed E-state index contributed by atoms with van der Waals surface area (Å²) < 4.78 is 153. The smallest absolute Gasteiger partial charge is 0.411 e. The summed E-state index contributed by atoms with van der Waals surface area (Å²) in [5.74, 6) is -1.55. The largest absolute Gasteiger partial charge is 0.508 e. The van der Waals surface area contributed by atoms with E-state index in [4.69, 9.17) is 14.9 Å². The van der Waals surface area contributed by atoms with Crippen molar-refractivity contribution in [3.8, 4) is 51.0 Å². The molecule has 12 rings (SSSR count). The molecule has 12 aromatic rings. The number of aryl methyl sites for hydroxylation is 16. The number of rotatable bonds is 14. The molecule has 0 bridgehead atoms. The number of aromatic carboxylic acids is 2. The average molecular weight is 1760 g/mol. The Labute approximate surface area is 728 Å². The molecule has 662 valence electrons. The van der Waals surface area contributed by atoms with Crippen LogP contribution in [-0.4, -0.2) is 87.3 Å². The number of benzene rings is 12. The summed E-state index contributed by atoms with van der Waals surface area (Å²) in [6.07, 6.45) is -9.81. The van der Waals surface area contributed by atoms with E-state index >= 15 is 0 Å². The monoisotopic (exact) mass is 1750 g/mol. The van der Waals surface area contributed by atoms with E-state index in [9.17, 15) is 87.1 Å². The zero-order valence-electron chi connectivity index (χ0n) is 73.9. The Morgan fingerprint density at radius 1 is 0.328 bits per heavy atom. The van der Waals surface area contributed by atoms with Crippen molar-refractivity contribution in [1.29, 1.82) is 0 Å². The molecule has 0 aliphatic rings. The highest BCUT2D eigenvalue weighted by molar-refractivity contribution is 7.86. The van der Waals surface area contributed by atoms with E-state index in [1.165, 1.54) is 110 Å². The minimum Gasteiger partial charge on any atom is -0.508 e. The number of phenols is 4. The molecule has 16 nitrogen and oxygen atoms in total. The Morgan fingerprint density at radius 2 is 0.688 bits per heavy atom. The number of phenolic OH excluding ortho intramolecular Hbond substituents is 4. The molecule has 0 saturated carbocycles. The number of carboxylic acids is 2. The molecular weight excluding hydrogens is 1650 g/mol. The fourth-order valence-corrected chi connectivity index (χ4v) is 15.4. The van der Waals surface area contributed by atoms with Gasteiger partial charge >= 0.3 is 24.3 Å². The SMILES string of the molecule is Cc1cc(C(c2ccc(O)c(C)c2)(C(F)(F)F)C(F)(F)F)ccc1O.Cc1cc(C)c(C)c(C)c1C.Cc1cc(C)cc(C(=O)O)c1.Cc1cc(Cc2cc(C)c(C)c(C)c2)cc(C)c1C.Cc1ccc(-c2ccc(C)c(O)c2)cc1O.Cc1ccc(-c2ccc(C)cc2S(=O)(=O)O)c(S(=O)(=O)O)c1.Cc1ccc(Cc2ccc(C)c(C(=O)O)c2)cc1OC=O. The molecule has 0 aliphatic carbocycles. The van der Waals surface area contributed by atoms with Gasteiger partial charge < -0.3 is 35.4 Å². The Kier molecular flexibility index (Phi) is 34.4. The van der Waals surface area contributed by atoms with Crippen molar-refractivity contribution in [2.24, 2.45) is 0 Å². The Bertz CT molecular complexity index is 5880. The maximum absolute atomic E-state index is 13.9. The van der Waals surface area contributed by atoms with Gasteiger partial charge in [0.05, 0.1) is 11.1 Å². The molecule has 0 spiro atoms. The number of hydrogen-bond acceptors (Lipinski definition) is 12. The zero-order chi connectivity index (χ0) is 94.2. The van der Waals surface area contributed by atoms with Crippen LogP contribution in [0.2, 0.25) is 0 Å². The molecule has 0 aliphatic heterocycles. The summed E-state index contributed by atoms with van der Waals surface area (Å²) in [7, 11) is -9.11. The van der Waals surface area contributed by atoms with Gasteiger partial charge in [-0.25, -0.2) is 9.59 Å². The van der Waals surface area contributed by atoms with E-state index in [0.29, 0.717) is 65.2 Å². The van der Waals surface area contributed by atoms with E-state index in [2.05, 4.69) is 106 Å². The number of ether oxygens (including phenoxy) is 1. The molecule has 8 N–H and O–H groups in total. The first-order valence-corrected chi connectivity index (χ1v) is 42.3. The van der Waals surface area contributed by atoms with E-state index < -0.39 is 82.4 Å². The van der Waals surface area contributed by atoms with E-state index in [0.717, 1.165) is 74.2 Å². The number of carbonyl (C=O) groups excluding carboxylic acids is 1. The number of alkyl halides is 6. The first kappa shape index (κ1) is 101. The lowest BCUT2D eigenvalue weighted by atomic mass is 9.72. The van der Waals surface area contributed by atoms with Gasteiger partial charge in [0.25, 0.3) is 26.7 Å². The Hall–Kier alpha value is -12.4. The van der Waals surface area contributed by atoms with Gasteiger partial charge in [-0.3, -0.25) is 13.9 Å². The lowest BCUT2D eigenvalue weighted by Gasteiger charge is -2.38. The van der Waals surface area contributed by atoms with Crippen molar-refractivity contribution in [1.82, 2.24) is 0 Å². The average Bonchev–Trinajstić information content (AvgIpc) is 0.712. The molecule has 0 fully saturated rings. The predicted octanol–water partition coefficient (Wildman–Crippen LogP) is 24.5. The van der Waals surface area contributed by atoms with Gasteiger partial charge in [0, 0.05) is 11.1 Å². The standard InChI is InChI=1S/C19H24.C17H14F6O2.C17H16O4.C14H14O6S2.C14H14O2.C11H16.C9H10O2/c1-12-7-18(8-13(2)16(12)5)11-19-9-14(3)17(6)15(4)10-19;1-9-7-11(3-5-13(9)24)15(16(18,19)20,17(21,22)23)12-4-6-14(25)10(2)8-12;1-11-3-5-13(8-15(11)17(19)20)7-14-6-4-12(2)16(9-14)21-10-18;1-9-3-5-11(13(7-9)21(15,16)17)12-6-4-10(2)8-14(12)22(18,19)20;1-9-3-5-11(7-13(9)15)12-6-4-10(2)14(16)8-12;1-7-6-8(2)10(4)11(5)9(7)3;1-6-3-7(2)5-8(4-6)9(10)11/h7-10H,11H2,1-6H3;3-8,24-25H,1-2H3;3-6,8-10H,7H2,1-2H3,(H,19,20);3-8H,1-2H3,(H,15,16,17)(H,18,19,20);3-8,15-16H,1-2H3;6H,1-5H3;3-5H,1-2H3,(H,10,11). The van der Waals surface area contributed by atoms with Crippen LogP contribution in [0.15, 0.2) is 204 Å². The van der Waals surface area contributed by atoms with Crippen molar-refractivity contribution >= 4 is 38.6 Å². The molecular formula is C101H108F6O16S2. The van der Waals surface area contributed by atoms with E-state index in [1.807, 2.05) is 83.1 Å². The minimum absolute atomic E-state index is 0.000671. The number of halogens is 6. The lowest BCUT2D eigenvalue weighted by Crippen LogP contribution is -2.54. The van der Waals surface area contributed by atoms with Crippen LogP contribution in [0.1, 0.15) is 171 Å². The molecule has 125 heavy (non-hydrogen) atoms. The second-order valence-corrected chi connectivity index (χ2v) is 34.4. The summed E-state index contributed by atoms with van der Waals surface area (Å²) in [5, 5.41) is 56.0. The van der Waals surface area contributed by atoms with Crippen molar-refractivity contribution in [3.05, 3.63) is 355 Å². The van der Waals surface area contributed by atoms with E-state index in [1.54, 1.807) is 75.4 Å². The van der Waals surface area contributed by atoms with Crippen molar-refractivity contribution in [2.45, 2.75) is 186 Å². The minimum atomic E-state index is -5.71. The molecule has 0 atom stereocenters. The summed E-state index contributed by atoms with van der Waals surface area (Å²) in [6.45, 7) is 41.4. The second-order valence-electron chi connectivity index (χ2n) is 31.6. The summed E-state index contributed by atoms with van der Waals surface area (Å²) >= 11 is 0. The van der Waals surface area contributed by atoms with Crippen LogP contribution in [0, 0.1) is 145 Å². The third-order valence-electron chi connectivity index (χ3n) is 21.9. The van der Waals surface area contributed by atoms with Crippen molar-refractivity contribution < 1.29 is 102 Å². The lowest BCUT2D eigenvalue weighted by molar-refractivity contribution is -0.288. The third-order valence-corrected chi connectivity index (χ3v) is 23.7. The van der Waals surface area contributed by atoms with Crippen molar-refractivity contribution in [3.63, 3.8) is 0 Å². The first-order chi connectivity index (χ1) is 57.9. The normalized spacial score (nSPS) is 11.2. The van der Waals surface area contributed by atoms with Crippen LogP contribution in [0.3, 0.4) is 0 Å². The van der Waals surface area contributed by atoms with Gasteiger partial charge in [0.15, 0.2) is 0 Å². The number of carbonyl (C=O) groups is 3. The second kappa shape index (κ2) is 42.4. The quantitative estimate of drug-likeness (QED) is 0.0285. The van der Waals surface area contributed by atoms with Gasteiger partial charge in [-0.05, 0) is 369 Å². The van der Waals surface area contributed by atoms with Crippen LogP contribution >= 0.6 is 0 Å².